The Morgan fingerprint density at radius 3 is 2.10 bits per heavy atom. The average molecular weight is 446 g/mol. The zero-order valence-corrected chi connectivity index (χ0v) is 18.7. The summed E-state index contributed by atoms with van der Waals surface area (Å²) in [7, 11) is -2.08. The zero-order chi connectivity index (χ0) is 22.6. The number of piperidine rings is 1. The number of hydrogen-bond donors (Lipinski definition) is 2. The summed E-state index contributed by atoms with van der Waals surface area (Å²) >= 11 is 0. The number of rotatable bonds is 6. The SMILES string of the molecule is COc1ccc(S(=O)(=O)N2CCC(C(=O)Nc3ccc(NC(C)=O)cc3)CC2)cc1C. The number of benzene rings is 2. The van der Waals surface area contributed by atoms with Crippen molar-refractivity contribution in [1.82, 2.24) is 4.31 Å². The summed E-state index contributed by atoms with van der Waals surface area (Å²) in [4.78, 5) is 23.9. The lowest BCUT2D eigenvalue weighted by Gasteiger charge is -2.30. The van der Waals surface area contributed by atoms with Gasteiger partial charge in [-0.3, -0.25) is 9.59 Å². The predicted molar refractivity (Wildman–Crippen MR) is 119 cm³/mol. The van der Waals surface area contributed by atoms with Crippen molar-refractivity contribution in [2.45, 2.75) is 31.6 Å². The highest BCUT2D eigenvalue weighted by atomic mass is 32.2. The maximum Gasteiger partial charge on any atom is 0.243 e. The molecule has 2 amide bonds. The summed E-state index contributed by atoms with van der Waals surface area (Å²) in [5, 5.41) is 5.53. The topological polar surface area (TPSA) is 105 Å². The van der Waals surface area contributed by atoms with Gasteiger partial charge in [-0.25, -0.2) is 8.42 Å². The van der Waals surface area contributed by atoms with Crippen LogP contribution in [0.4, 0.5) is 11.4 Å². The number of carbonyl (C=O) groups excluding carboxylic acids is 2. The Balaban J connectivity index is 1.59. The summed E-state index contributed by atoms with van der Waals surface area (Å²) in [6, 6.07) is 11.7. The van der Waals surface area contributed by atoms with E-state index in [2.05, 4.69) is 10.6 Å². The number of nitrogens with one attached hydrogen (secondary N) is 2. The van der Waals surface area contributed by atoms with Crippen molar-refractivity contribution < 1.29 is 22.7 Å². The van der Waals surface area contributed by atoms with E-state index in [9.17, 15) is 18.0 Å². The number of ether oxygens (including phenoxy) is 1. The van der Waals surface area contributed by atoms with Gasteiger partial charge in [0, 0.05) is 37.3 Å². The molecule has 3 rings (SSSR count). The number of anilines is 2. The molecule has 8 nitrogen and oxygen atoms in total. The first-order chi connectivity index (χ1) is 14.7. The minimum absolute atomic E-state index is 0.135. The monoisotopic (exact) mass is 445 g/mol. The first-order valence-corrected chi connectivity index (χ1v) is 11.5. The van der Waals surface area contributed by atoms with E-state index in [1.54, 1.807) is 56.5 Å². The summed E-state index contributed by atoms with van der Waals surface area (Å²) in [6.45, 7) is 3.80. The predicted octanol–water partition coefficient (Wildman–Crippen LogP) is 3.00. The molecule has 1 saturated heterocycles. The Labute approximate surface area is 182 Å². The van der Waals surface area contributed by atoms with Crippen LogP contribution in [0.15, 0.2) is 47.4 Å². The van der Waals surface area contributed by atoms with Crippen LogP contribution in [0.25, 0.3) is 0 Å². The lowest BCUT2D eigenvalue weighted by molar-refractivity contribution is -0.121. The molecule has 0 unspecified atom stereocenters. The Morgan fingerprint density at radius 1 is 1.00 bits per heavy atom. The molecule has 1 aliphatic heterocycles. The number of sulfonamides is 1. The average Bonchev–Trinajstić information content (AvgIpc) is 2.74. The third-order valence-electron chi connectivity index (χ3n) is 5.30. The number of hydrogen-bond acceptors (Lipinski definition) is 5. The number of nitrogens with zero attached hydrogens (tertiary/aromatic N) is 1. The number of amides is 2. The molecule has 0 bridgehead atoms. The second kappa shape index (κ2) is 9.49. The Kier molecular flexibility index (Phi) is 6.97. The normalized spacial score (nSPS) is 15.3. The van der Waals surface area contributed by atoms with Crippen LogP contribution in [0.3, 0.4) is 0 Å². The van der Waals surface area contributed by atoms with E-state index in [4.69, 9.17) is 4.74 Å². The van der Waals surface area contributed by atoms with Crippen LogP contribution >= 0.6 is 0 Å². The fourth-order valence-corrected chi connectivity index (χ4v) is 5.16. The molecule has 0 atom stereocenters. The van der Waals surface area contributed by atoms with Gasteiger partial charge in [0.05, 0.1) is 12.0 Å². The number of aryl methyl sites for hydroxylation is 1. The van der Waals surface area contributed by atoms with E-state index < -0.39 is 10.0 Å². The van der Waals surface area contributed by atoms with Crippen molar-refractivity contribution in [2.24, 2.45) is 5.92 Å². The first kappa shape index (κ1) is 22.8. The third-order valence-corrected chi connectivity index (χ3v) is 7.20. The maximum atomic E-state index is 13.0. The molecule has 1 heterocycles. The molecule has 0 aromatic heterocycles. The summed E-state index contributed by atoms with van der Waals surface area (Å²) in [6.07, 6.45) is 0.897. The van der Waals surface area contributed by atoms with Crippen molar-refractivity contribution in [3.05, 3.63) is 48.0 Å². The van der Waals surface area contributed by atoms with E-state index >= 15 is 0 Å². The molecule has 166 valence electrons. The maximum absolute atomic E-state index is 13.0. The number of methoxy groups -OCH3 is 1. The fraction of sp³-hybridized carbons (Fsp3) is 0.364. The Morgan fingerprint density at radius 2 is 1.58 bits per heavy atom. The molecule has 2 N–H and O–H groups in total. The van der Waals surface area contributed by atoms with E-state index in [0.717, 1.165) is 5.56 Å². The van der Waals surface area contributed by atoms with Crippen LogP contribution < -0.4 is 15.4 Å². The van der Waals surface area contributed by atoms with Crippen LogP contribution in [0.5, 0.6) is 5.75 Å². The lowest BCUT2D eigenvalue weighted by Crippen LogP contribution is -2.41. The van der Waals surface area contributed by atoms with E-state index in [-0.39, 0.29) is 35.7 Å². The highest BCUT2D eigenvalue weighted by Crippen LogP contribution is 2.28. The van der Waals surface area contributed by atoms with Gasteiger partial charge in [0.15, 0.2) is 0 Å². The Hall–Kier alpha value is -2.91. The summed E-state index contributed by atoms with van der Waals surface area (Å²) in [5.41, 5.74) is 2.03. The van der Waals surface area contributed by atoms with Gasteiger partial charge in [0.1, 0.15) is 5.75 Å². The molecule has 0 saturated carbocycles. The van der Waals surface area contributed by atoms with Gasteiger partial charge >= 0.3 is 0 Å². The summed E-state index contributed by atoms with van der Waals surface area (Å²) in [5.74, 6) is 0.0754. The molecular weight excluding hydrogens is 418 g/mol. The molecule has 2 aromatic carbocycles. The molecule has 1 aliphatic rings. The van der Waals surface area contributed by atoms with E-state index in [0.29, 0.717) is 30.0 Å². The highest BCUT2D eigenvalue weighted by molar-refractivity contribution is 7.89. The molecule has 0 aliphatic carbocycles. The molecule has 9 heteroatoms. The largest absolute Gasteiger partial charge is 0.496 e. The minimum Gasteiger partial charge on any atom is -0.496 e. The summed E-state index contributed by atoms with van der Waals surface area (Å²) < 4.78 is 32.6. The van der Waals surface area contributed by atoms with E-state index in [1.807, 2.05) is 0 Å². The van der Waals surface area contributed by atoms with Crippen molar-refractivity contribution in [1.29, 1.82) is 0 Å². The van der Waals surface area contributed by atoms with Gasteiger partial charge in [-0.15, -0.1) is 0 Å². The van der Waals surface area contributed by atoms with Gasteiger partial charge in [-0.1, -0.05) is 0 Å². The highest BCUT2D eigenvalue weighted by Gasteiger charge is 2.32. The van der Waals surface area contributed by atoms with Crippen molar-refractivity contribution in [2.75, 3.05) is 30.8 Å². The van der Waals surface area contributed by atoms with Gasteiger partial charge < -0.3 is 15.4 Å². The molecule has 31 heavy (non-hydrogen) atoms. The molecule has 1 fully saturated rings. The quantitative estimate of drug-likeness (QED) is 0.711. The smallest absolute Gasteiger partial charge is 0.243 e. The molecule has 0 radical (unpaired) electrons. The molecule has 2 aromatic rings. The van der Waals surface area contributed by atoms with Crippen LogP contribution in [0.1, 0.15) is 25.3 Å². The van der Waals surface area contributed by atoms with Crippen LogP contribution in [0.2, 0.25) is 0 Å². The number of carbonyl (C=O) groups is 2. The van der Waals surface area contributed by atoms with Crippen LogP contribution in [-0.4, -0.2) is 44.7 Å². The zero-order valence-electron chi connectivity index (χ0n) is 17.8. The van der Waals surface area contributed by atoms with Crippen molar-refractivity contribution in [3.63, 3.8) is 0 Å². The molecular formula is C22H27N3O5S. The minimum atomic E-state index is -3.62. The van der Waals surface area contributed by atoms with Gasteiger partial charge in [-0.2, -0.15) is 4.31 Å². The standard InChI is InChI=1S/C22H27N3O5S/c1-15-14-20(8-9-21(15)30-3)31(28,29)25-12-10-17(11-13-25)22(27)24-19-6-4-18(5-7-19)23-16(2)26/h4-9,14,17H,10-13H2,1-3H3,(H,23,26)(H,24,27). The van der Waals surface area contributed by atoms with E-state index in [1.165, 1.54) is 11.2 Å². The fourth-order valence-electron chi connectivity index (χ4n) is 3.60. The lowest BCUT2D eigenvalue weighted by atomic mass is 9.97. The van der Waals surface area contributed by atoms with Crippen molar-refractivity contribution in [3.8, 4) is 5.75 Å². The second-order valence-corrected chi connectivity index (χ2v) is 9.50. The Bertz CT molecular complexity index is 1060. The van der Waals surface area contributed by atoms with Crippen LogP contribution in [-0.2, 0) is 19.6 Å². The van der Waals surface area contributed by atoms with Gasteiger partial charge in [-0.05, 0) is 67.8 Å². The first-order valence-electron chi connectivity index (χ1n) is 10.0. The van der Waals surface area contributed by atoms with Crippen molar-refractivity contribution >= 4 is 33.2 Å². The van der Waals surface area contributed by atoms with Gasteiger partial charge in [0.2, 0.25) is 21.8 Å². The van der Waals surface area contributed by atoms with Gasteiger partial charge in [0.25, 0.3) is 0 Å². The third kappa shape index (κ3) is 5.42. The molecule has 0 spiro atoms. The van der Waals surface area contributed by atoms with Crippen LogP contribution in [0, 0.1) is 12.8 Å². The second-order valence-electron chi connectivity index (χ2n) is 7.56.